The highest BCUT2D eigenvalue weighted by molar-refractivity contribution is 7.89. The molecule has 1 aliphatic heterocycles. The highest BCUT2D eigenvalue weighted by Gasteiger charge is 2.34. The summed E-state index contributed by atoms with van der Waals surface area (Å²) in [4.78, 5) is 0.191. The number of aromatic nitrogens is 2. The number of aliphatic hydroxyl groups excluding tert-OH is 1. The Morgan fingerprint density at radius 2 is 2.25 bits per heavy atom. The lowest BCUT2D eigenvalue weighted by Gasteiger charge is -2.35. The van der Waals surface area contributed by atoms with Crippen LogP contribution in [-0.4, -0.2) is 59.5 Å². The van der Waals surface area contributed by atoms with Gasteiger partial charge in [-0.25, -0.2) is 8.42 Å². The van der Waals surface area contributed by atoms with Crippen LogP contribution in [0.4, 0.5) is 0 Å². The molecule has 1 fully saturated rings. The Kier molecular flexibility index (Phi) is 4.79. The maximum Gasteiger partial charge on any atom is 0.246 e. The quantitative estimate of drug-likeness (QED) is 0.831. The number of morpholine rings is 1. The molecule has 1 aromatic rings. The van der Waals surface area contributed by atoms with Crippen LogP contribution >= 0.6 is 0 Å². The molecule has 8 heteroatoms. The fourth-order valence-electron chi connectivity index (χ4n) is 2.18. The van der Waals surface area contributed by atoms with Crippen LogP contribution in [0.5, 0.6) is 0 Å². The Bertz CT molecular complexity index is 543. The van der Waals surface area contributed by atoms with E-state index in [4.69, 9.17) is 9.84 Å². The predicted octanol–water partition coefficient (Wildman–Crippen LogP) is 0.0634. The number of aliphatic hydroxyl groups is 1. The second-order valence-corrected chi connectivity index (χ2v) is 6.97. The normalized spacial score (nSPS) is 24.9. The molecule has 0 radical (unpaired) electrons. The van der Waals surface area contributed by atoms with Gasteiger partial charge in [0.2, 0.25) is 10.0 Å². The summed E-state index contributed by atoms with van der Waals surface area (Å²) in [6.07, 6.45) is 3.31. The topological polar surface area (TPSA) is 84.7 Å². The molecule has 0 amide bonds. The summed E-state index contributed by atoms with van der Waals surface area (Å²) in [5.41, 5.74) is 0. The van der Waals surface area contributed by atoms with Crippen molar-refractivity contribution in [1.29, 1.82) is 0 Å². The maximum atomic E-state index is 12.6. The first-order chi connectivity index (χ1) is 9.45. The van der Waals surface area contributed by atoms with Gasteiger partial charge in [0.15, 0.2) is 0 Å². The first-order valence-corrected chi connectivity index (χ1v) is 8.16. The molecule has 0 spiro atoms. The molecule has 2 unspecified atom stereocenters. The standard InChI is InChI=1S/C12H21N3O4S/c1-10-9-19-11(2)7-15(10)20(17,18)12-6-13-14(8-12)4-3-5-16/h6,8,10-11,16H,3-5,7,9H2,1-2H3. The molecule has 0 aromatic carbocycles. The average Bonchev–Trinajstić information content (AvgIpc) is 2.88. The van der Waals surface area contributed by atoms with Crippen LogP contribution < -0.4 is 0 Å². The minimum atomic E-state index is -3.54. The van der Waals surface area contributed by atoms with Crippen LogP contribution in [0.15, 0.2) is 17.3 Å². The third kappa shape index (κ3) is 3.20. The lowest BCUT2D eigenvalue weighted by molar-refractivity contribution is -0.0170. The zero-order valence-electron chi connectivity index (χ0n) is 11.8. The Balaban J connectivity index is 2.18. The van der Waals surface area contributed by atoms with Gasteiger partial charge in [0.25, 0.3) is 0 Å². The van der Waals surface area contributed by atoms with E-state index in [0.29, 0.717) is 26.1 Å². The number of sulfonamides is 1. The summed E-state index contributed by atoms with van der Waals surface area (Å²) in [6, 6.07) is -0.183. The smallest absolute Gasteiger partial charge is 0.246 e. The molecule has 2 heterocycles. The minimum absolute atomic E-state index is 0.0555. The third-order valence-corrected chi connectivity index (χ3v) is 5.25. The molecule has 0 bridgehead atoms. The summed E-state index contributed by atoms with van der Waals surface area (Å²) in [5, 5.41) is 12.8. The number of ether oxygens (including phenoxy) is 1. The number of hydrogen-bond acceptors (Lipinski definition) is 5. The molecule has 1 aliphatic rings. The highest BCUT2D eigenvalue weighted by atomic mass is 32.2. The molecule has 20 heavy (non-hydrogen) atoms. The molecule has 7 nitrogen and oxygen atoms in total. The van der Waals surface area contributed by atoms with Crippen molar-refractivity contribution in [3.8, 4) is 0 Å². The van der Waals surface area contributed by atoms with Gasteiger partial charge in [0.1, 0.15) is 4.90 Å². The van der Waals surface area contributed by atoms with Gasteiger partial charge in [-0.3, -0.25) is 4.68 Å². The van der Waals surface area contributed by atoms with Gasteiger partial charge in [-0.1, -0.05) is 0 Å². The van der Waals surface area contributed by atoms with Gasteiger partial charge >= 0.3 is 0 Å². The molecular weight excluding hydrogens is 282 g/mol. The molecule has 0 aliphatic carbocycles. The van der Waals surface area contributed by atoms with E-state index in [2.05, 4.69) is 5.10 Å². The summed E-state index contributed by atoms with van der Waals surface area (Å²) in [5.74, 6) is 0. The van der Waals surface area contributed by atoms with E-state index in [1.807, 2.05) is 13.8 Å². The first-order valence-electron chi connectivity index (χ1n) is 6.72. The number of hydrogen-bond donors (Lipinski definition) is 1. The molecule has 2 rings (SSSR count). The summed E-state index contributed by atoms with van der Waals surface area (Å²) in [6.45, 7) is 5.00. The van der Waals surface area contributed by atoms with E-state index in [1.165, 1.54) is 21.4 Å². The molecule has 1 N–H and O–H groups in total. The first kappa shape index (κ1) is 15.4. The fourth-order valence-corrected chi connectivity index (χ4v) is 3.82. The van der Waals surface area contributed by atoms with Crippen LogP contribution in [0.1, 0.15) is 20.3 Å². The third-order valence-electron chi connectivity index (χ3n) is 3.31. The van der Waals surface area contributed by atoms with Crippen molar-refractivity contribution in [1.82, 2.24) is 14.1 Å². The molecule has 114 valence electrons. The van der Waals surface area contributed by atoms with Crippen LogP contribution in [0.25, 0.3) is 0 Å². The SMILES string of the molecule is CC1CN(S(=O)(=O)c2cnn(CCCO)c2)C(C)CO1. The van der Waals surface area contributed by atoms with Crippen molar-refractivity contribution in [3.63, 3.8) is 0 Å². The van der Waals surface area contributed by atoms with Crippen molar-refractivity contribution >= 4 is 10.0 Å². The van der Waals surface area contributed by atoms with Crippen LogP contribution in [0.3, 0.4) is 0 Å². The zero-order chi connectivity index (χ0) is 14.8. The van der Waals surface area contributed by atoms with Crippen LogP contribution in [0.2, 0.25) is 0 Å². The Morgan fingerprint density at radius 1 is 1.50 bits per heavy atom. The minimum Gasteiger partial charge on any atom is -0.396 e. The highest BCUT2D eigenvalue weighted by Crippen LogP contribution is 2.22. The van der Waals surface area contributed by atoms with E-state index in [1.54, 1.807) is 0 Å². The molecular formula is C12H21N3O4S. The molecule has 2 atom stereocenters. The monoisotopic (exact) mass is 303 g/mol. The van der Waals surface area contributed by atoms with Gasteiger partial charge < -0.3 is 9.84 Å². The Labute approximate surface area is 119 Å². The number of rotatable bonds is 5. The van der Waals surface area contributed by atoms with Gasteiger partial charge in [-0.05, 0) is 20.3 Å². The summed E-state index contributed by atoms with van der Waals surface area (Å²) in [7, 11) is -3.54. The zero-order valence-corrected chi connectivity index (χ0v) is 12.6. The van der Waals surface area contributed by atoms with Crippen molar-refractivity contribution in [2.24, 2.45) is 0 Å². The van der Waals surface area contributed by atoms with Crippen molar-refractivity contribution in [2.45, 2.75) is 43.9 Å². The Hall–Kier alpha value is -0.960. The second-order valence-electron chi connectivity index (χ2n) is 5.08. The molecule has 1 saturated heterocycles. The van der Waals surface area contributed by atoms with Crippen molar-refractivity contribution < 1.29 is 18.3 Å². The summed E-state index contributed by atoms with van der Waals surface area (Å²) < 4.78 is 33.7. The van der Waals surface area contributed by atoms with Gasteiger partial charge in [0.05, 0.1) is 18.9 Å². The second kappa shape index (κ2) is 6.21. The number of aryl methyl sites for hydroxylation is 1. The largest absolute Gasteiger partial charge is 0.396 e. The Morgan fingerprint density at radius 3 is 2.95 bits per heavy atom. The molecule has 0 saturated carbocycles. The van der Waals surface area contributed by atoms with E-state index >= 15 is 0 Å². The number of nitrogens with zero attached hydrogens (tertiary/aromatic N) is 3. The fraction of sp³-hybridized carbons (Fsp3) is 0.750. The van der Waals surface area contributed by atoms with Crippen LogP contribution in [0, 0.1) is 0 Å². The summed E-state index contributed by atoms with van der Waals surface area (Å²) >= 11 is 0. The van der Waals surface area contributed by atoms with E-state index in [9.17, 15) is 8.42 Å². The van der Waals surface area contributed by atoms with Gasteiger partial charge in [0, 0.05) is 31.9 Å². The predicted molar refractivity (Wildman–Crippen MR) is 72.7 cm³/mol. The van der Waals surface area contributed by atoms with E-state index < -0.39 is 10.0 Å². The van der Waals surface area contributed by atoms with E-state index in [0.717, 1.165) is 0 Å². The lowest BCUT2D eigenvalue weighted by atomic mass is 10.2. The maximum absolute atomic E-state index is 12.6. The molecule has 1 aromatic heterocycles. The van der Waals surface area contributed by atoms with Gasteiger partial charge in [-0.15, -0.1) is 0 Å². The van der Waals surface area contributed by atoms with E-state index in [-0.39, 0.29) is 23.6 Å². The average molecular weight is 303 g/mol. The van der Waals surface area contributed by atoms with Crippen molar-refractivity contribution in [3.05, 3.63) is 12.4 Å². The lowest BCUT2D eigenvalue weighted by Crippen LogP contribution is -2.49. The van der Waals surface area contributed by atoms with Gasteiger partial charge in [-0.2, -0.15) is 9.40 Å². The van der Waals surface area contributed by atoms with Crippen LogP contribution in [-0.2, 0) is 21.3 Å². The van der Waals surface area contributed by atoms with Crippen molar-refractivity contribution in [2.75, 3.05) is 19.8 Å².